The zero-order valence-corrected chi connectivity index (χ0v) is 13.5. The summed E-state index contributed by atoms with van der Waals surface area (Å²) in [7, 11) is 0. The van der Waals surface area contributed by atoms with Gasteiger partial charge in [-0.05, 0) is 31.5 Å². The van der Waals surface area contributed by atoms with E-state index in [1.165, 1.54) is 21.8 Å². The quantitative estimate of drug-likeness (QED) is 0.764. The molecule has 21 heavy (non-hydrogen) atoms. The smallest absolute Gasteiger partial charge is 0.263 e. The lowest BCUT2D eigenvalue weighted by atomic mass is 10.2. The molecule has 0 atom stereocenters. The Bertz CT molecular complexity index is 797. The van der Waals surface area contributed by atoms with Crippen molar-refractivity contribution in [2.45, 2.75) is 20.4 Å². The summed E-state index contributed by atoms with van der Waals surface area (Å²) < 4.78 is 1.04. The third kappa shape index (κ3) is 2.66. The number of anilines is 1. The van der Waals surface area contributed by atoms with E-state index in [1.54, 1.807) is 11.3 Å². The molecule has 0 bridgehead atoms. The van der Waals surface area contributed by atoms with Gasteiger partial charge in [-0.25, -0.2) is 0 Å². The molecular formula is C16H16N2OS2. The number of aryl methyl sites for hydroxylation is 2. The van der Waals surface area contributed by atoms with E-state index in [-0.39, 0.29) is 5.91 Å². The minimum absolute atomic E-state index is 0.0996. The third-order valence-corrected chi connectivity index (χ3v) is 5.82. The number of amides is 1. The van der Waals surface area contributed by atoms with Crippen LogP contribution in [0, 0.1) is 13.8 Å². The molecular weight excluding hydrogens is 300 g/mol. The number of hydrogen-bond donors (Lipinski definition) is 2. The zero-order chi connectivity index (χ0) is 15.0. The summed E-state index contributed by atoms with van der Waals surface area (Å²) in [5.74, 6) is -0.0996. The molecule has 2 aromatic heterocycles. The first kappa shape index (κ1) is 14.1. The van der Waals surface area contributed by atoms with Gasteiger partial charge in [0.15, 0.2) is 0 Å². The van der Waals surface area contributed by atoms with Crippen molar-refractivity contribution in [2.75, 3.05) is 5.73 Å². The zero-order valence-electron chi connectivity index (χ0n) is 11.9. The molecule has 0 saturated heterocycles. The maximum Gasteiger partial charge on any atom is 0.263 e. The highest BCUT2D eigenvalue weighted by Crippen LogP contribution is 2.33. The van der Waals surface area contributed by atoms with Crippen molar-refractivity contribution < 1.29 is 4.79 Å². The Labute approximate surface area is 131 Å². The van der Waals surface area contributed by atoms with Crippen molar-refractivity contribution in [2.24, 2.45) is 0 Å². The van der Waals surface area contributed by atoms with Crippen LogP contribution >= 0.6 is 22.7 Å². The first-order chi connectivity index (χ1) is 10.1. The lowest BCUT2D eigenvalue weighted by Crippen LogP contribution is -2.22. The molecule has 1 amide bonds. The van der Waals surface area contributed by atoms with Gasteiger partial charge in [0, 0.05) is 19.8 Å². The molecule has 0 fully saturated rings. The van der Waals surface area contributed by atoms with Crippen LogP contribution in [0.25, 0.3) is 10.1 Å². The van der Waals surface area contributed by atoms with Gasteiger partial charge in [-0.3, -0.25) is 4.79 Å². The van der Waals surface area contributed by atoms with Crippen LogP contribution in [-0.2, 0) is 6.54 Å². The summed E-state index contributed by atoms with van der Waals surface area (Å²) in [5.41, 5.74) is 7.93. The van der Waals surface area contributed by atoms with Gasteiger partial charge >= 0.3 is 0 Å². The third-order valence-electron chi connectivity index (χ3n) is 3.48. The van der Waals surface area contributed by atoms with Crippen LogP contribution in [0.4, 0.5) is 5.69 Å². The summed E-state index contributed by atoms with van der Waals surface area (Å²) >= 11 is 3.16. The highest BCUT2D eigenvalue weighted by molar-refractivity contribution is 7.21. The molecule has 2 heterocycles. The Morgan fingerprint density at radius 3 is 2.67 bits per heavy atom. The van der Waals surface area contributed by atoms with Gasteiger partial charge in [0.1, 0.15) is 4.88 Å². The molecule has 0 aliphatic rings. The SMILES string of the molecule is Cc1cc(CNC(=O)c2sc3ccccc3c2N)sc1C. The lowest BCUT2D eigenvalue weighted by molar-refractivity contribution is 0.0956. The number of thiophene rings is 2. The lowest BCUT2D eigenvalue weighted by Gasteiger charge is -2.02. The van der Waals surface area contributed by atoms with Crippen LogP contribution in [0.5, 0.6) is 0 Å². The molecule has 3 N–H and O–H groups in total. The van der Waals surface area contributed by atoms with E-state index < -0.39 is 0 Å². The predicted molar refractivity (Wildman–Crippen MR) is 91.2 cm³/mol. The Morgan fingerprint density at radius 1 is 1.24 bits per heavy atom. The molecule has 0 aliphatic carbocycles. The van der Waals surface area contributed by atoms with Gasteiger partial charge in [-0.1, -0.05) is 18.2 Å². The van der Waals surface area contributed by atoms with Gasteiger partial charge in [-0.2, -0.15) is 0 Å². The molecule has 0 saturated carbocycles. The Morgan fingerprint density at radius 2 is 2.00 bits per heavy atom. The number of hydrogen-bond acceptors (Lipinski definition) is 4. The second-order valence-electron chi connectivity index (χ2n) is 4.98. The van der Waals surface area contributed by atoms with Crippen molar-refractivity contribution in [1.29, 1.82) is 0 Å². The molecule has 5 heteroatoms. The highest BCUT2D eigenvalue weighted by Gasteiger charge is 2.16. The molecule has 1 aromatic carbocycles. The molecule has 0 unspecified atom stereocenters. The maximum absolute atomic E-state index is 12.3. The monoisotopic (exact) mass is 316 g/mol. The van der Waals surface area contributed by atoms with Gasteiger partial charge < -0.3 is 11.1 Å². The Balaban J connectivity index is 1.79. The summed E-state index contributed by atoms with van der Waals surface area (Å²) in [4.78, 5) is 15.4. The van der Waals surface area contributed by atoms with Gasteiger partial charge in [0.25, 0.3) is 5.91 Å². The average molecular weight is 316 g/mol. The van der Waals surface area contributed by atoms with Crippen molar-refractivity contribution in [3.05, 3.63) is 50.5 Å². The number of carbonyl (C=O) groups is 1. The second-order valence-corrected chi connectivity index (χ2v) is 7.37. The fourth-order valence-electron chi connectivity index (χ4n) is 2.22. The van der Waals surface area contributed by atoms with Crippen molar-refractivity contribution in [3.8, 4) is 0 Å². The first-order valence-corrected chi connectivity index (χ1v) is 8.30. The minimum Gasteiger partial charge on any atom is -0.397 e. The summed E-state index contributed by atoms with van der Waals surface area (Å²) in [6.45, 7) is 4.72. The average Bonchev–Trinajstić information content (AvgIpc) is 2.98. The number of nitrogen functional groups attached to an aromatic ring is 1. The van der Waals surface area contributed by atoms with Crippen LogP contribution in [0.3, 0.4) is 0 Å². The van der Waals surface area contributed by atoms with Crippen molar-refractivity contribution >= 4 is 44.4 Å². The molecule has 3 rings (SSSR count). The number of rotatable bonds is 3. The normalized spacial score (nSPS) is 11.0. The fraction of sp³-hybridized carbons (Fsp3) is 0.188. The number of benzene rings is 1. The molecule has 0 radical (unpaired) electrons. The minimum atomic E-state index is -0.0996. The van der Waals surface area contributed by atoms with Crippen LogP contribution in [0.1, 0.15) is 25.0 Å². The van der Waals surface area contributed by atoms with Crippen molar-refractivity contribution in [1.82, 2.24) is 5.32 Å². The number of nitrogens with two attached hydrogens (primary N) is 1. The number of fused-ring (bicyclic) bond motifs is 1. The molecule has 0 spiro atoms. The molecule has 0 aliphatic heterocycles. The Kier molecular flexibility index (Phi) is 3.69. The van der Waals surface area contributed by atoms with Gasteiger partial charge in [0.2, 0.25) is 0 Å². The summed E-state index contributed by atoms with van der Waals surface area (Å²) in [6.07, 6.45) is 0. The number of carbonyl (C=O) groups excluding carboxylic acids is 1. The van der Waals surface area contributed by atoms with Crippen LogP contribution < -0.4 is 11.1 Å². The van der Waals surface area contributed by atoms with E-state index in [4.69, 9.17) is 5.73 Å². The first-order valence-electron chi connectivity index (χ1n) is 6.67. The van der Waals surface area contributed by atoms with Gasteiger partial charge in [-0.15, -0.1) is 22.7 Å². The maximum atomic E-state index is 12.3. The summed E-state index contributed by atoms with van der Waals surface area (Å²) in [5, 5.41) is 3.91. The van der Waals surface area contributed by atoms with Crippen LogP contribution in [-0.4, -0.2) is 5.91 Å². The van der Waals surface area contributed by atoms with E-state index in [0.29, 0.717) is 17.1 Å². The largest absolute Gasteiger partial charge is 0.397 e. The topological polar surface area (TPSA) is 55.1 Å². The highest BCUT2D eigenvalue weighted by atomic mass is 32.1. The molecule has 3 nitrogen and oxygen atoms in total. The van der Waals surface area contributed by atoms with Crippen LogP contribution in [0.15, 0.2) is 30.3 Å². The van der Waals surface area contributed by atoms with Crippen molar-refractivity contribution in [3.63, 3.8) is 0 Å². The fourth-order valence-corrected chi connectivity index (χ4v) is 4.25. The van der Waals surface area contributed by atoms with E-state index in [2.05, 4.69) is 25.2 Å². The summed E-state index contributed by atoms with van der Waals surface area (Å²) in [6, 6.07) is 9.94. The van der Waals surface area contributed by atoms with E-state index in [9.17, 15) is 4.79 Å². The standard InChI is InChI=1S/C16H16N2OS2/c1-9-7-11(20-10(9)2)8-18-16(19)15-14(17)12-5-3-4-6-13(12)21-15/h3-7H,8,17H2,1-2H3,(H,18,19). The predicted octanol–water partition coefficient (Wildman–Crippen LogP) is 4.09. The number of nitrogens with one attached hydrogen (secondary N) is 1. The van der Waals surface area contributed by atoms with E-state index >= 15 is 0 Å². The molecule has 108 valence electrons. The van der Waals surface area contributed by atoms with Gasteiger partial charge in [0.05, 0.1) is 12.2 Å². The Hall–Kier alpha value is -1.85. The molecule has 3 aromatic rings. The van der Waals surface area contributed by atoms with E-state index in [0.717, 1.165) is 15.0 Å². The van der Waals surface area contributed by atoms with E-state index in [1.807, 2.05) is 24.3 Å². The van der Waals surface area contributed by atoms with Crippen LogP contribution in [0.2, 0.25) is 0 Å². The second kappa shape index (κ2) is 5.50.